The number of fused-ring (bicyclic) bond motifs is 1. The Kier molecular flexibility index (Phi) is 5.78. The van der Waals surface area contributed by atoms with Gasteiger partial charge in [0.05, 0.1) is 17.3 Å². The predicted molar refractivity (Wildman–Crippen MR) is 124 cm³/mol. The molecule has 3 N–H and O–H groups in total. The number of hydrogen-bond donors (Lipinski definition) is 3. The molecule has 0 aliphatic heterocycles. The van der Waals surface area contributed by atoms with Gasteiger partial charge in [-0.1, -0.05) is 53.5 Å². The molecule has 1 aromatic carbocycles. The van der Waals surface area contributed by atoms with Gasteiger partial charge in [0.2, 0.25) is 11.7 Å². The van der Waals surface area contributed by atoms with E-state index in [1.807, 2.05) is 42.7 Å². The minimum absolute atomic E-state index is 0.0278. The first kappa shape index (κ1) is 21.5. The molecule has 4 aromatic rings. The van der Waals surface area contributed by atoms with Gasteiger partial charge >= 0.3 is 0 Å². The van der Waals surface area contributed by atoms with Gasteiger partial charge in [0.25, 0.3) is 5.91 Å². The normalized spacial score (nSPS) is 18.1. The van der Waals surface area contributed by atoms with Crippen LogP contribution in [0, 0.1) is 5.92 Å². The fourth-order valence-electron chi connectivity index (χ4n) is 4.03. The third-order valence-corrected chi connectivity index (χ3v) is 6.46. The van der Waals surface area contributed by atoms with E-state index in [9.17, 15) is 9.59 Å². The van der Waals surface area contributed by atoms with E-state index in [-0.39, 0.29) is 40.2 Å². The average molecular weight is 483 g/mol. The van der Waals surface area contributed by atoms with Crippen LogP contribution in [0.25, 0.3) is 5.78 Å². The Bertz CT molecular complexity index is 1270. The molecular weight excluding hydrogens is 463 g/mol. The zero-order valence-corrected chi connectivity index (χ0v) is 18.8. The minimum Gasteiger partial charge on any atom is -0.349 e. The Morgan fingerprint density at radius 3 is 2.76 bits per heavy atom. The summed E-state index contributed by atoms with van der Waals surface area (Å²) in [7, 11) is 0. The molecule has 3 aromatic heterocycles. The molecule has 0 unspecified atom stereocenters. The van der Waals surface area contributed by atoms with Crippen molar-refractivity contribution < 1.29 is 9.59 Å². The summed E-state index contributed by atoms with van der Waals surface area (Å²) < 4.78 is 1.78. The second-order valence-corrected chi connectivity index (χ2v) is 8.77. The molecule has 1 aliphatic rings. The van der Waals surface area contributed by atoms with Crippen LogP contribution in [0.3, 0.4) is 0 Å². The number of amides is 2. The first-order chi connectivity index (χ1) is 16.0. The lowest BCUT2D eigenvalue weighted by Gasteiger charge is -2.18. The van der Waals surface area contributed by atoms with Crippen LogP contribution in [0.5, 0.6) is 0 Å². The van der Waals surface area contributed by atoms with E-state index in [0.29, 0.717) is 11.5 Å². The molecule has 3 atom stereocenters. The van der Waals surface area contributed by atoms with E-state index in [1.165, 1.54) is 6.07 Å². The number of hydrogen-bond acceptors (Lipinski definition) is 4. The van der Waals surface area contributed by atoms with Crippen LogP contribution < -0.4 is 10.6 Å². The van der Waals surface area contributed by atoms with Crippen LogP contribution in [0.4, 0.5) is 0 Å². The fourth-order valence-corrected chi connectivity index (χ4v) is 4.34. The second kappa shape index (κ2) is 8.88. The molecule has 0 radical (unpaired) electrons. The van der Waals surface area contributed by atoms with Gasteiger partial charge in [-0.05, 0) is 36.0 Å². The maximum atomic E-state index is 13.2. The molecule has 0 saturated heterocycles. The van der Waals surface area contributed by atoms with E-state index in [1.54, 1.807) is 16.7 Å². The number of halogens is 2. The molecule has 2 amide bonds. The molecule has 10 heteroatoms. The second-order valence-electron chi connectivity index (χ2n) is 7.99. The molecule has 8 nitrogen and oxygen atoms in total. The van der Waals surface area contributed by atoms with Crippen LogP contribution in [-0.2, 0) is 11.3 Å². The number of benzene rings is 1. The predicted octanol–water partition coefficient (Wildman–Crippen LogP) is 3.58. The van der Waals surface area contributed by atoms with Gasteiger partial charge in [-0.15, -0.1) is 0 Å². The Hall–Kier alpha value is -3.36. The smallest absolute Gasteiger partial charge is 0.268 e. The summed E-state index contributed by atoms with van der Waals surface area (Å²) in [6.07, 6.45) is 6.10. The molecule has 5 rings (SSSR count). The Morgan fingerprint density at radius 1 is 1.21 bits per heavy atom. The molecular formula is C23H20Cl2N6O2. The van der Waals surface area contributed by atoms with E-state index in [0.717, 1.165) is 12.0 Å². The maximum Gasteiger partial charge on any atom is 0.268 e. The number of nitrogens with zero attached hydrogens (tertiary/aromatic N) is 3. The number of aromatic amines is 1. The van der Waals surface area contributed by atoms with Gasteiger partial charge < -0.3 is 15.6 Å². The van der Waals surface area contributed by atoms with Crippen molar-refractivity contribution in [3.05, 3.63) is 88.2 Å². The molecule has 1 aliphatic carbocycles. The van der Waals surface area contributed by atoms with Crippen molar-refractivity contribution in [1.29, 1.82) is 0 Å². The lowest BCUT2D eigenvalue weighted by Crippen LogP contribution is -2.48. The molecule has 1 saturated carbocycles. The fraction of sp³-hybridized carbons (Fsp3) is 0.217. The SMILES string of the molecule is O=C(N[C@H](C(=O)NCc1cn2cccnc2n1)[C@H]1C[C@@H]1c1ccccc1)c1cc(Cl)c(Cl)[nH]1. The lowest BCUT2D eigenvalue weighted by molar-refractivity contribution is -0.123. The summed E-state index contributed by atoms with van der Waals surface area (Å²) in [5.41, 5.74) is 2.02. The highest BCUT2D eigenvalue weighted by Gasteiger charge is 2.47. The van der Waals surface area contributed by atoms with Crippen LogP contribution in [-0.4, -0.2) is 37.2 Å². The Balaban J connectivity index is 1.32. The quantitative estimate of drug-likeness (QED) is 0.374. The molecule has 168 valence electrons. The summed E-state index contributed by atoms with van der Waals surface area (Å²) in [5, 5.41) is 6.19. The summed E-state index contributed by atoms with van der Waals surface area (Å²) in [6.45, 7) is 0.220. The largest absolute Gasteiger partial charge is 0.349 e. The van der Waals surface area contributed by atoms with E-state index < -0.39 is 11.9 Å². The van der Waals surface area contributed by atoms with E-state index >= 15 is 0 Å². The standard InChI is InChI=1S/C23H20Cl2N6O2/c24-17-10-18(29-20(17)25)21(32)30-19(16-9-15(16)13-5-2-1-3-6-13)22(33)27-11-14-12-31-8-4-7-26-23(31)28-14/h1-8,10,12,15-16,19,29H,9,11H2,(H,27,33)(H,30,32)/t15-,16+,19+/m1/s1. The van der Waals surface area contributed by atoms with Crippen molar-refractivity contribution >= 4 is 40.8 Å². The Labute approximate surface area is 199 Å². The molecule has 3 heterocycles. The third kappa shape index (κ3) is 4.58. The summed E-state index contributed by atoms with van der Waals surface area (Å²) in [5.74, 6) is -0.00368. The molecule has 0 spiro atoms. The van der Waals surface area contributed by atoms with Gasteiger partial charge in [0.1, 0.15) is 16.9 Å². The minimum atomic E-state index is -0.723. The number of nitrogens with one attached hydrogen (secondary N) is 3. The van der Waals surface area contributed by atoms with E-state index in [4.69, 9.17) is 23.2 Å². The first-order valence-corrected chi connectivity index (χ1v) is 11.2. The summed E-state index contributed by atoms with van der Waals surface area (Å²) in [6, 6.07) is 12.5. The lowest BCUT2D eigenvalue weighted by atomic mass is 10.0. The Morgan fingerprint density at radius 2 is 2.03 bits per heavy atom. The van der Waals surface area contributed by atoms with Crippen LogP contribution in [0.1, 0.15) is 34.1 Å². The average Bonchev–Trinajstić information content (AvgIpc) is 3.39. The molecule has 33 heavy (non-hydrogen) atoms. The van der Waals surface area contributed by atoms with Crippen LogP contribution >= 0.6 is 23.2 Å². The van der Waals surface area contributed by atoms with Crippen LogP contribution in [0.15, 0.2) is 61.1 Å². The van der Waals surface area contributed by atoms with Crippen molar-refractivity contribution in [2.45, 2.75) is 24.9 Å². The monoisotopic (exact) mass is 482 g/mol. The zero-order chi connectivity index (χ0) is 22.9. The molecule has 1 fully saturated rings. The van der Waals surface area contributed by atoms with Crippen LogP contribution in [0.2, 0.25) is 10.2 Å². The first-order valence-electron chi connectivity index (χ1n) is 10.5. The summed E-state index contributed by atoms with van der Waals surface area (Å²) >= 11 is 11.9. The third-order valence-electron chi connectivity index (χ3n) is 5.76. The van der Waals surface area contributed by atoms with Crippen molar-refractivity contribution in [3.63, 3.8) is 0 Å². The van der Waals surface area contributed by atoms with Gasteiger partial charge in [-0.2, -0.15) is 0 Å². The topological polar surface area (TPSA) is 104 Å². The number of aromatic nitrogens is 4. The van der Waals surface area contributed by atoms with E-state index in [2.05, 4.69) is 25.6 Å². The highest BCUT2D eigenvalue weighted by atomic mass is 35.5. The number of imidazole rings is 1. The van der Waals surface area contributed by atoms with Crippen molar-refractivity contribution in [1.82, 2.24) is 30.0 Å². The van der Waals surface area contributed by atoms with Gasteiger partial charge in [0.15, 0.2) is 0 Å². The van der Waals surface area contributed by atoms with Crippen molar-refractivity contribution in [2.75, 3.05) is 0 Å². The number of carbonyl (C=O) groups excluding carboxylic acids is 2. The summed E-state index contributed by atoms with van der Waals surface area (Å²) in [4.78, 5) is 37.3. The highest BCUT2D eigenvalue weighted by Crippen LogP contribution is 2.49. The van der Waals surface area contributed by atoms with Gasteiger partial charge in [-0.25, -0.2) is 9.97 Å². The van der Waals surface area contributed by atoms with Gasteiger partial charge in [-0.3, -0.25) is 14.0 Å². The number of carbonyl (C=O) groups is 2. The highest BCUT2D eigenvalue weighted by molar-refractivity contribution is 6.41. The van der Waals surface area contributed by atoms with Gasteiger partial charge in [0, 0.05) is 18.6 Å². The number of rotatable bonds is 7. The van der Waals surface area contributed by atoms with Crippen molar-refractivity contribution in [2.24, 2.45) is 5.92 Å². The maximum absolute atomic E-state index is 13.2. The zero-order valence-electron chi connectivity index (χ0n) is 17.3. The van der Waals surface area contributed by atoms with Crippen molar-refractivity contribution in [3.8, 4) is 0 Å². The molecule has 0 bridgehead atoms. The number of H-pyrrole nitrogens is 1.